The van der Waals surface area contributed by atoms with E-state index in [0.717, 1.165) is 0 Å². The molecule has 0 N–H and O–H groups in total. The van der Waals surface area contributed by atoms with Crippen LogP contribution in [0.4, 0.5) is 0 Å². The first-order valence-corrected chi connectivity index (χ1v) is 13.4. The summed E-state index contributed by atoms with van der Waals surface area (Å²) in [4.78, 5) is 0. The Morgan fingerprint density at radius 2 is 0.658 bits per heavy atom. The van der Waals surface area contributed by atoms with Gasteiger partial charge in [0.05, 0.1) is 0 Å². The maximum atomic E-state index is 2.50. The summed E-state index contributed by atoms with van der Waals surface area (Å²) >= 11 is 0. The number of hydrogen-bond acceptors (Lipinski definition) is 0. The van der Waals surface area contributed by atoms with E-state index in [1.54, 1.807) is 0 Å². The lowest BCUT2D eigenvalue weighted by Crippen LogP contribution is -1.94. The highest BCUT2D eigenvalue weighted by Crippen LogP contribution is 2.52. The number of hydrogen-bond donors (Lipinski definition) is 0. The average molecular weight is 475 g/mol. The Bertz CT molecular complexity index is 2750. The van der Waals surface area contributed by atoms with Crippen molar-refractivity contribution >= 4 is 108 Å². The topological polar surface area (TPSA) is 0 Å². The molecule has 38 heavy (non-hydrogen) atoms. The van der Waals surface area contributed by atoms with Gasteiger partial charge in [0.1, 0.15) is 0 Å². The third kappa shape index (κ3) is 1.82. The monoisotopic (exact) mass is 474 g/mol. The van der Waals surface area contributed by atoms with Gasteiger partial charge < -0.3 is 0 Å². The summed E-state index contributed by atoms with van der Waals surface area (Å²) in [6.45, 7) is 0. The van der Waals surface area contributed by atoms with Crippen LogP contribution in [0.25, 0.3) is 108 Å². The third-order valence-corrected chi connectivity index (χ3v) is 9.56. The fraction of sp³-hybridized carbons (Fsp3) is 0. The molecular weight excluding hydrogens is 456 g/mol. The Balaban J connectivity index is 1.59. The van der Waals surface area contributed by atoms with Gasteiger partial charge in [-0.25, -0.2) is 0 Å². The molecule has 0 fully saturated rings. The van der Waals surface area contributed by atoms with E-state index in [9.17, 15) is 0 Å². The summed E-state index contributed by atoms with van der Waals surface area (Å²) in [5.41, 5.74) is 0. The SMILES string of the molecule is c1cc2ccc3cc4c5c(ccc6cc(c1)c2c3c65)c1ccc2ccc3ccc5cccc6c5c3c2c1c64. The first-order valence-electron chi connectivity index (χ1n) is 13.4. The highest BCUT2D eigenvalue weighted by Gasteiger charge is 2.23. The van der Waals surface area contributed by atoms with E-state index in [2.05, 4.69) is 109 Å². The van der Waals surface area contributed by atoms with Gasteiger partial charge in [-0.05, 0) is 120 Å². The molecule has 0 radical (unpaired) electrons. The van der Waals surface area contributed by atoms with Crippen LogP contribution in [0.15, 0.2) is 109 Å². The molecule has 0 heteroatoms. The molecular formula is C38H18. The molecule has 0 aliphatic rings. The maximum Gasteiger partial charge on any atom is -0.000762 e. The van der Waals surface area contributed by atoms with Crippen molar-refractivity contribution in [2.24, 2.45) is 0 Å². The summed E-state index contributed by atoms with van der Waals surface area (Å²) in [5.74, 6) is 0. The molecule has 11 aromatic rings. The van der Waals surface area contributed by atoms with Crippen LogP contribution in [0.5, 0.6) is 0 Å². The third-order valence-electron chi connectivity index (χ3n) is 9.56. The molecule has 0 spiro atoms. The standard InChI is InChI=1S/C38H18/c1-3-19-11-12-25-18-29-36-26(16-14-24-17-23(5-1)30(19)34(25)35(24)36)27-15-13-22-10-9-21-8-7-20-4-2-6-28-31(20)32(21)33(22)38(27)37(28)29/h1-18H. The number of benzene rings is 11. The van der Waals surface area contributed by atoms with E-state index in [0.29, 0.717) is 0 Å². The lowest BCUT2D eigenvalue weighted by molar-refractivity contribution is 1.80. The highest BCUT2D eigenvalue weighted by molar-refractivity contribution is 6.49. The van der Waals surface area contributed by atoms with E-state index in [1.165, 1.54) is 108 Å². The Morgan fingerprint density at radius 1 is 0.211 bits per heavy atom. The van der Waals surface area contributed by atoms with Crippen LogP contribution in [-0.2, 0) is 0 Å². The van der Waals surface area contributed by atoms with Crippen LogP contribution < -0.4 is 0 Å². The Morgan fingerprint density at radius 3 is 1.47 bits per heavy atom. The molecule has 0 saturated carbocycles. The van der Waals surface area contributed by atoms with E-state index < -0.39 is 0 Å². The van der Waals surface area contributed by atoms with Crippen molar-refractivity contribution in [3.63, 3.8) is 0 Å². The predicted octanol–water partition coefficient (Wildman–Crippen LogP) is 11.0. The lowest BCUT2D eigenvalue weighted by Gasteiger charge is -2.23. The molecule has 170 valence electrons. The van der Waals surface area contributed by atoms with Gasteiger partial charge in [0.15, 0.2) is 0 Å². The quantitative estimate of drug-likeness (QED) is 0.151. The minimum absolute atomic E-state index is 1.33. The summed E-state index contributed by atoms with van der Waals surface area (Å²) < 4.78 is 0. The van der Waals surface area contributed by atoms with Gasteiger partial charge in [-0.1, -0.05) is 97.1 Å². The first kappa shape index (κ1) is 18.3. The minimum atomic E-state index is 1.33. The summed E-state index contributed by atoms with van der Waals surface area (Å²) in [7, 11) is 0. The van der Waals surface area contributed by atoms with E-state index in [-0.39, 0.29) is 0 Å². The minimum Gasteiger partial charge on any atom is -0.0610 e. The van der Waals surface area contributed by atoms with E-state index >= 15 is 0 Å². The molecule has 0 aromatic heterocycles. The lowest BCUT2D eigenvalue weighted by atomic mass is 9.80. The largest absolute Gasteiger partial charge is 0.0610 e. The van der Waals surface area contributed by atoms with Gasteiger partial charge in [0, 0.05) is 0 Å². The van der Waals surface area contributed by atoms with Crippen LogP contribution >= 0.6 is 0 Å². The van der Waals surface area contributed by atoms with Crippen molar-refractivity contribution in [1.29, 1.82) is 0 Å². The molecule has 0 aliphatic heterocycles. The Labute approximate surface area is 216 Å². The Kier molecular flexibility index (Phi) is 2.79. The summed E-state index contributed by atoms with van der Waals surface area (Å²) in [6, 6.07) is 41.8. The molecule has 0 heterocycles. The first-order chi connectivity index (χ1) is 18.8. The highest BCUT2D eigenvalue weighted by atomic mass is 14.3. The summed E-state index contributed by atoms with van der Waals surface area (Å²) in [5, 5.41) is 27.5. The number of rotatable bonds is 0. The summed E-state index contributed by atoms with van der Waals surface area (Å²) in [6.07, 6.45) is 0. The van der Waals surface area contributed by atoms with Crippen molar-refractivity contribution in [1.82, 2.24) is 0 Å². The van der Waals surface area contributed by atoms with Crippen molar-refractivity contribution < 1.29 is 0 Å². The van der Waals surface area contributed by atoms with Crippen molar-refractivity contribution in [3.8, 4) is 0 Å². The molecule has 0 atom stereocenters. The molecule has 0 saturated heterocycles. The molecule has 0 aliphatic carbocycles. The molecule has 0 amide bonds. The average Bonchev–Trinajstić information content (AvgIpc) is 2.97. The van der Waals surface area contributed by atoms with Gasteiger partial charge in [0.2, 0.25) is 0 Å². The zero-order chi connectivity index (χ0) is 24.3. The zero-order valence-corrected chi connectivity index (χ0v) is 20.4. The zero-order valence-electron chi connectivity index (χ0n) is 20.4. The Hall–Kier alpha value is -4.94. The van der Waals surface area contributed by atoms with Crippen LogP contribution in [0, 0.1) is 0 Å². The van der Waals surface area contributed by atoms with E-state index in [1.807, 2.05) is 0 Å². The van der Waals surface area contributed by atoms with Crippen LogP contribution in [0.1, 0.15) is 0 Å². The van der Waals surface area contributed by atoms with E-state index in [4.69, 9.17) is 0 Å². The molecule has 0 unspecified atom stereocenters. The van der Waals surface area contributed by atoms with Crippen molar-refractivity contribution in [2.45, 2.75) is 0 Å². The van der Waals surface area contributed by atoms with Crippen LogP contribution in [-0.4, -0.2) is 0 Å². The van der Waals surface area contributed by atoms with Gasteiger partial charge >= 0.3 is 0 Å². The fourth-order valence-electron chi connectivity index (χ4n) is 8.16. The normalized spacial score (nSPS) is 13.3. The molecule has 11 aromatic carbocycles. The van der Waals surface area contributed by atoms with Gasteiger partial charge in [0.25, 0.3) is 0 Å². The second kappa shape index (κ2) is 5.79. The van der Waals surface area contributed by atoms with Crippen LogP contribution in [0.2, 0.25) is 0 Å². The predicted molar refractivity (Wildman–Crippen MR) is 166 cm³/mol. The van der Waals surface area contributed by atoms with Crippen LogP contribution in [0.3, 0.4) is 0 Å². The van der Waals surface area contributed by atoms with Gasteiger partial charge in [-0.2, -0.15) is 0 Å². The second-order valence-electron chi connectivity index (χ2n) is 11.2. The molecule has 11 rings (SSSR count). The smallest absolute Gasteiger partial charge is 0.000762 e. The van der Waals surface area contributed by atoms with Gasteiger partial charge in [-0.15, -0.1) is 0 Å². The molecule has 0 bridgehead atoms. The second-order valence-corrected chi connectivity index (χ2v) is 11.2. The van der Waals surface area contributed by atoms with Gasteiger partial charge in [-0.3, -0.25) is 0 Å². The number of fused-ring (bicyclic) bond motifs is 3. The van der Waals surface area contributed by atoms with Crippen molar-refractivity contribution in [3.05, 3.63) is 109 Å². The molecule has 0 nitrogen and oxygen atoms in total. The van der Waals surface area contributed by atoms with Crippen molar-refractivity contribution in [2.75, 3.05) is 0 Å². The fourth-order valence-corrected chi connectivity index (χ4v) is 8.16. The maximum absolute atomic E-state index is 2.50.